The molecule has 0 aliphatic carbocycles. The molecule has 0 saturated heterocycles. The highest BCUT2D eigenvalue weighted by Crippen LogP contribution is 2.19. The third-order valence-corrected chi connectivity index (χ3v) is 2.51. The van der Waals surface area contributed by atoms with Crippen LogP contribution in [-0.4, -0.2) is 6.54 Å². The number of hydrogen-bond donors (Lipinski definition) is 1. The Balaban J connectivity index is 2.46. The maximum Gasteiger partial charge on any atom is 0.0684 e. The van der Waals surface area contributed by atoms with E-state index in [9.17, 15) is 0 Å². The zero-order valence-electron chi connectivity index (χ0n) is 9.67. The van der Waals surface area contributed by atoms with Crippen LogP contribution in [0.5, 0.6) is 0 Å². The number of nitriles is 1. The summed E-state index contributed by atoms with van der Waals surface area (Å²) in [5, 5.41) is 12.2. The Hall–Kier alpha value is -1.49. The highest BCUT2D eigenvalue weighted by atomic mass is 14.9. The topological polar surface area (TPSA) is 35.8 Å². The van der Waals surface area contributed by atoms with Crippen LogP contribution in [0.3, 0.4) is 0 Å². The van der Waals surface area contributed by atoms with Gasteiger partial charge in [-0.2, -0.15) is 5.26 Å². The second-order valence-electron chi connectivity index (χ2n) is 4.49. The molecule has 15 heavy (non-hydrogen) atoms. The lowest BCUT2D eigenvalue weighted by atomic mass is 9.91. The van der Waals surface area contributed by atoms with E-state index in [1.165, 1.54) is 5.56 Å². The van der Waals surface area contributed by atoms with Gasteiger partial charge < -0.3 is 5.32 Å². The summed E-state index contributed by atoms with van der Waals surface area (Å²) in [5.41, 5.74) is 2.16. The predicted octanol–water partition coefficient (Wildman–Crippen LogP) is 3.35. The van der Waals surface area contributed by atoms with Crippen LogP contribution < -0.4 is 5.32 Å². The molecule has 1 rings (SSSR count). The third kappa shape index (κ3) is 3.63. The van der Waals surface area contributed by atoms with E-state index < -0.39 is 0 Å². The Morgan fingerprint density at radius 1 is 1.33 bits per heavy atom. The van der Waals surface area contributed by atoms with Gasteiger partial charge in [0.1, 0.15) is 0 Å². The minimum atomic E-state index is -0.240. The SMILES string of the molecule is Cc1ccccc1NCCC(C)(C)C#N. The van der Waals surface area contributed by atoms with E-state index in [2.05, 4.69) is 30.4 Å². The molecular weight excluding hydrogens is 184 g/mol. The van der Waals surface area contributed by atoms with Gasteiger partial charge in [-0.05, 0) is 38.8 Å². The van der Waals surface area contributed by atoms with Gasteiger partial charge in [0.15, 0.2) is 0 Å². The minimum Gasteiger partial charge on any atom is -0.385 e. The first-order valence-corrected chi connectivity index (χ1v) is 5.26. The molecule has 80 valence electrons. The largest absolute Gasteiger partial charge is 0.385 e. The Kier molecular flexibility index (Phi) is 3.74. The van der Waals surface area contributed by atoms with Crippen molar-refractivity contribution < 1.29 is 0 Å². The fraction of sp³-hybridized carbons (Fsp3) is 0.462. The summed E-state index contributed by atoms with van der Waals surface area (Å²) in [6.07, 6.45) is 0.859. The first kappa shape index (κ1) is 11.6. The molecule has 0 unspecified atom stereocenters. The van der Waals surface area contributed by atoms with Crippen LogP contribution in [0.2, 0.25) is 0 Å². The lowest BCUT2D eigenvalue weighted by molar-refractivity contribution is 0.466. The molecule has 0 heterocycles. The number of nitrogens with one attached hydrogen (secondary N) is 1. The van der Waals surface area contributed by atoms with Crippen LogP contribution in [0.4, 0.5) is 5.69 Å². The molecule has 0 saturated carbocycles. The number of hydrogen-bond acceptors (Lipinski definition) is 2. The molecule has 0 amide bonds. The molecule has 2 nitrogen and oxygen atoms in total. The van der Waals surface area contributed by atoms with Crippen LogP contribution in [-0.2, 0) is 0 Å². The average molecular weight is 202 g/mol. The monoisotopic (exact) mass is 202 g/mol. The van der Waals surface area contributed by atoms with Gasteiger partial charge in [-0.25, -0.2) is 0 Å². The summed E-state index contributed by atoms with van der Waals surface area (Å²) in [6, 6.07) is 10.5. The molecule has 0 aliphatic heterocycles. The Bertz CT molecular complexity index is 361. The normalized spacial score (nSPS) is 10.8. The fourth-order valence-electron chi connectivity index (χ4n) is 1.34. The maximum atomic E-state index is 8.87. The number of nitrogens with zero attached hydrogens (tertiary/aromatic N) is 1. The van der Waals surface area contributed by atoms with Crippen molar-refractivity contribution in [2.75, 3.05) is 11.9 Å². The van der Waals surface area contributed by atoms with Crippen LogP contribution in [0.1, 0.15) is 25.8 Å². The minimum absolute atomic E-state index is 0.240. The second-order valence-corrected chi connectivity index (χ2v) is 4.49. The number of anilines is 1. The number of benzene rings is 1. The van der Waals surface area contributed by atoms with Crippen molar-refractivity contribution in [1.82, 2.24) is 0 Å². The molecule has 2 heteroatoms. The molecule has 0 fully saturated rings. The third-order valence-electron chi connectivity index (χ3n) is 2.51. The van der Waals surface area contributed by atoms with E-state index in [1.807, 2.05) is 26.0 Å². The first-order chi connectivity index (χ1) is 7.05. The predicted molar refractivity (Wildman–Crippen MR) is 63.7 cm³/mol. The van der Waals surface area contributed by atoms with E-state index in [-0.39, 0.29) is 5.41 Å². The Labute approximate surface area is 91.9 Å². The van der Waals surface area contributed by atoms with Gasteiger partial charge in [-0.3, -0.25) is 0 Å². The van der Waals surface area contributed by atoms with Crippen molar-refractivity contribution >= 4 is 5.69 Å². The fourth-order valence-corrected chi connectivity index (χ4v) is 1.34. The average Bonchev–Trinajstić information content (AvgIpc) is 2.21. The summed E-state index contributed by atoms with van der Waals surface area (Å²) in [6.45, 7) is 6.85. The summed E-state index contributed by atoms with van der Waals surface area (Å²) >= 11 is 0. The van der Waals surface area contributed by atoms with Crippen molar-refractivity contribution in [3.05, 3.63) is 29.8 Å². The van der Waals surface area contributed by atoms with Crippen molar-refractivity contribution in [3.63, 3.8) is 0 Å². The molecule has 0 radical (unpaired) electrons. The lowest BCUT2D eigenvalue weighted by Gasteiger charge is -2.16. The van der Waals surface area contributed by atoms with E-state index in [4.69, 9.17) is 5.26 Å². The molecule has 0 aliphatic rings. The van der Waals surface area contributed by atoms with Crippen LogP contribution in [0, 0.1) is 23.7 Å². The summed E-state index contributed by atoms with van der Waals surface area (Å²) < 4.78 is 0. The van der Waals surface area contributed by atoms with Gasteiger partial charge in [0.25, 0.3) is 0 Å². The Morgan fingerprint density at radius 2 is 2.00 bits per heavy atom. The summed E-state index contributed by atoms with van der Waals surface area (Å²) in [7, 11) is 0. The zero-order chi connectivity index (χ0) is 11.3. The molecule has 0 atom stereocenters. The molecular formula is C13H18N2. The molecule has 0 bridgehead atoms. The highest BCUT2D eigenvalue weighted by Gasteiger charge is 2.15. The number of aryl methyl sites for hydroxylation is 1. The zero-order valence-corrected chi connectivity index (χ0v) is 9.67. The van der Waals surface area contributed by atoms with Crippen LogP contribution >= 0.6 is 0 Å². The molecule has 0 spiro atoms. The molecule has 0 aromatic heterocycles. The van der Waals surface area contributed by atoms with Crippen LogP contribution in [0.15, 0.2) is 24.3 Å². The van der Waals surface area contributed by atoms with Crippen LogP contribution in [0.25, 0.3) is 0 Å². The van der Waals surface area contributed by atoms with Gasteiger partial charge >= 0.3 is 0 Å². The van der Waals surface area contributed by atoms with Gasteiger partial charge in [-0.15, -0.1) is 0 Å². The van der Waals surface area contributed by atoms with E-state index >= 15 is 0 Å². The first-order valence-electron chi connectivity index (χ1n) is 5.26. The maximum absolute atomic E-state index is 8.87. The smallest absolute Gasteiger partial charge is 0.0684 e. The van der Waals surface area contributed by atoms with Gasteiger partial charge in [0.2, 0.25) is 0 Å². The molecule has 1 aromatic rings. The van der Waals surface area contributed by atoms with E-state index in [1.54, 1.807) is 0 Å². The summed E-state index contributed by atoms with van der Waals surface area (Å²) in [5.74, 6) is 0. The lowest BCUT2D eigenvalue weighted by Crippen LogP contribution is -2.14. The van der Waals surface area contributed by atoms with Crippen molar-refractivity contribution in [3.8, 4) is 6.07 Å². The van der Waals surface area contributed by atoms with Gasteiger partial charge in [-0.1, -0.05) is 18.2 Å². The number of rotatable bonds is 4. The van der Waals surface area contributed by atoms with E-state index in [0.29, 0.717) is 0 Å². The van der Waals surface area contributed by atoms with Crippen molar-refractivity contribution in [1.29, 1.82) is 5.26 Å². The molecule has 1 aromatic carbocycles. The van der Waals surface area contributed by atoms with Gasteiger partial charge in [0.05, 0.1) is 11.5 Å². The molecule has 1 N–H and O–H groups in total. The standard InChI is InChI=1S/C13H18N2/c1-11-6-4-5-7-12(11)15-9-8-13(2,3)10-14/h4-7,15H,8-9H2,1-3H3. The van der Waals surface area contributed by atoms with Crippen molar-refractivity contribution in [2.24, 2.45) is 5.41 Å². The summed E-state index contributed by atoms with van der Waals surface area (Å²) in [4.78, 5) is 0. The van der Waals surface area contributed by atoms with E-state index in [0.717, 1.165) is 18.7 Å². The Morgan fingerprint density at radius 3 is 2.60 bits per heavy atom. The van der Waals surface area contributed by atoms with Crippen molar-refractivity contribution in [2.45, 2.75) is 27.2 Å². The number of para-hydroxylation sites is 1. The van der Waals surface area contributed by atoms with Gasteiger partial charge in [0, 0.05) is 12.2 Å². The second kappa shape index (κ2) is 4.84. The highest BCUT2D eigenvalue weighted by molar-refractivity contribution is 5.50. The quantitative estimate of drug-likeness (QED) is 0.812.